The summed E-state index contributed by atoms with van der Waals surface area (Å²) in [4.78, 5) is 15.4. The quantitative estimate of drug-likeness (QED) is 0.461. The van der Waals surface area contributed by atoms with Crippen molar-refractivity contribution >= 4 is 22.4 Å². The van der Waals surface area contributed by atoms with Gasteiger partial charge in [-0.25, -0.2) is 0 Å². The fourth-order valence-electron chi connectivity index (χ4n) is 4.73. The Morgan fingerprint density at radius 2 is 1.88 bits per heavy atom. The number of halogens is 3. The second kappa shape index (κ2) is 9.30. The van der Waals surface area contributed by atoms with E-state index in [1.807, 2.05) is 10.7 Å². The second-order valence-corrected chi connectivity index (χ2v) is 8.74. The summed E-state index contributed by atoms with van der Waals surface area (Å²) in [6.45, 7) is 0. The molecule has 0 saturated heterocycles. The highest BCUT2D eigenvalue weighted by Crippen LogP contribution is 2.40. The van der Waals surface area contributed by atoms with E-state index in [-0.39, 0.29) is 12.0 Å². The maximum atomic E-state index is 12.7. The predicted octanol–water partition coefficient (Wildman–Crippen LogP) is 5.93. The molecule has 1 aromatic carbocycles. The Morgan fingerprint density at radius 3 is 2.55 bits per heavy atom. The molecule has 0 spiro atoms. The topological polar surface area (TPSA) is 86.5 Å². The van der Waals surface area contributed by atoms with E-state index in [4.69, 9.17) is 5.10 Å². The van der Waals surface area contributed by atoms with Crippen molar-refractivity contribution in [3.8, 4) is 6.07 Å². The van der Waals surface area contributed by atoms with Gasteiger partial charge in [-0.15, -0.1) is 0 Å². The number of benzene rings is 1. The van der Waals surface area contributed by atoms with E-state index in [1.165, 1.54) is 0 Å². The van der Waals surface area contributed by atoms with E-state index in [0.717, 1.165) is 37.7 Å². The van der Waals surface area contributed by atoms with Gasteiger partial charge in [-0.3, -0.25) is 9.48 Å². The summed E-state index contributed by atoms with van der Waals surface area (Å²) in [6.07, 6.45) is 2.14. The molecule has 4 rings (SSSR count). The van der Waals surface area contributed by atoms with Gasteiger partial charge in [0.1, 0.15) is 5.39 Å². The molecule has 9 heteroatoms. The molecule has 0 radical (unpaired) electrons. The molecule has 174 valence electrons. The van der Waals surface area contributed by atoms with E-state index in [1.54, 1.807) is 30.5 Å². The van der Waals surface area contributed by atoms with Crippen molar-refractivity contribution in [1.82, 2.24) is 14.8 Å². The standard InChI is InChI=1S/C24H26F3N5O/c25-24(26,27)13-4-5-17-6-8-18(9-7-17)30-21-20-19(10-16-29-22(20)33)32(31-21)23(14-15-28)11-2-1-3-12-23/h6-10,16H,1-5,11-14H2,(H,29,33)(H,30,31). The number of H-pyrrole nitrogens is 1. The Kier molecular flexibility index (Phi) is 6.45. The molecule has 0 aliphatic heterocycles. The zero-order chi connectivity index (χ0) is 23.5. The Morgan fingerprint density at radius 1 is 1.15 bits per heavy atom. The molecule has 0 bridgehead atoms. The number of nitrogens with zero attached hydrogens (tertiary/aromatic N) is 3. The Hall–Kier alpha value is -3.28. The molecule has 3 aromatic rings. The van der Waals surface area contributed by atoms with Gasteiger partial charge < -0.3 is 10.3 Å². The average molecular weight is 458 g/mol. The molecular weight excluding hydrogens is 431 g/mol. The fraction of sp³-hybridized carbons (Fsp3) is 0.458. The van der Waals surface area contributed by atoms with Crippen LogP contribution in [-0.4, -0.2) is 20.9 Å². The smallest absolute Gasteiger partial charge is 0.338 e. The average Bonchev–Trinajstić information content (AvgIpc) is 3.15. The van der Waals surface area contributed by atoms with Crippen molar-refractivity contribution in [2.45, 2.75) is 69.5 Å². The summed E-state index contributed by atoms with van der Waals surface area (Å²) < 4.78 is 39.0. The summed E-state index contributed by atoms with van der Waals surface area (Å²) in [5.74, 6) is 0.402. The SMILES string of the molecule is N#CCC1(n2nc(Nc3ccc(CCCC(F)(F)F)cc3)c3c(=O)[nH]ccc32)CCCCC1. The molecule has 33 heavy (non-hydrogen) atoms. The predicted molar refractivity (Wildman–Crippen MR) is 120 cm³/mol. The minimum absolute atomic E-state index is 0.0433. The first-order chi connectivity index (χ1) is 15.8. The number of rotatable bonds is 7. The molecule has 0 amide bonds. The van der Waals surface area contributed by atoms with Gasteiger partial charge in [0.25, 0.3) is 5.56 Å². The summed E-state index contributed by atoms with van der Waals surface area (Å²) in [5.41, 5.74) is 1.46. The molecule has 2 aromatic heterocycles. The third-order valence-electron chi connectivity index (χ3n) is 6.39. The van der Waals surface area contributed by atoms with Crippen molar-refractivity contribution in [1.29, 1.82) is 5.26 Å². The van der Waals surface area contributed by atoms with Gasteiger partial charge in [0.15, 0.2) is 5.82 Å². The number of alkyl halides is 3. The van der Waals surface area contributed by atoms with Crippen LogP contribution in [0.5, 0.6) is 0 Å². The molecule has 0 unspecified atom stereocenters. The fourth-order valence-corrected chi connectivity index (χ4v) is 4.73. The summed E-state index contributed by atoms with van der Waals surface area (Å²) in [7, 11) is 0. The highest BCUT2D eigenvalue weighted by atomic mass is 19.4. The Bertz CT molecular complexity index is 1200. The summed E-state index contributed by atoms with van der Waals surface area (Å²) in [5, 5.41) is 17.9. The van der Waals surface area contributed by atoms with Crippen LogP contribution < -0.4 is 10.9 Å². The normalized spacial score (nSPS) is 15.9. The lowest BCUT2D eigenvalue weighted by Crippen LogP contribution is -2.36. The number of aryl methyl sites for hydroxylation is 1. The van der Waals surface area contributed by atoms with Gasteiger partial charge in [0, 0.05) is 18.3 Å². The minimum atomic E-state index is -4.14. The van der Waals surface area contributed by atoms with Gasteiger partial charge in [-0.2, -0.15) is 23.5 Å². The number of aromatic amines is 1. The first-order valence-corrected chi connectivity index (χ1v) is 11.2. The van der Waals surface area contributed by atoms with Gasteiger partial charge in [0.2, 0.25) is 0 Å². The lowest BCUT2D eigenvalue weighted by Gasteiger charge is -2.36. The van der Waals surface area contributed by atoms with Crippen LogP contribution in [0.4, 0.5) is 24.7 Å². The first kappa shape index (κ1) is 22.9. The number of anilines is 2. The third kappa shape index (κ3) is 5.05. The van der Waals surface area contributed by atoms with Gasteiger partial charge in [0.05, 0.1) is 23.5 Å². The largest absolute Gasteiger partial charge is 0.389 e. The lowest BCUT2D eigenvalue weighted by molar-refractivity contribution is -0.135. The molecule has 2 heterocycles. The van der Waals surface area contributed by atoms with E-state index in [0.29, 0.717) is 35.2 Å². The van der Waals surface area contributed by atoms with E-state index in [9.17, 15) is 23.2 Å². The molecule has 1 aliphatic rings. The third-order valence-corrected chi connectivity index (χ3v) is 6.39. The van der Waals surface area contributed by atoms with Gasteiger partial charge in [-0.1, -0.05) is 31.4 Å². The van der Waals surface area contributed by atoms with Crippen molar-refractivity contribution in [2.75, 3.05) is 5.32 Å². The molecule has 6 nitrogen and oxygen atoms in total. The molecule has 1 aliphatic carbocycles. The molecule has 2 N–H and O–H groups in total. The molecular formula is C24H26F3N5O. The zero-order valence-electron chi connectivity index (χ0n) is 18.2. The van der Waals surface area contributed by atoms with E-state index in [2.05, 4.69) is 16.4 Å². The van der Waals surface area contributed by atoms with Crippen LogP contribution in [0.3, 0.4) is 0 Å². The van der Waals surface area contributed by atoms with Gasteiger partial charge in [-0.05, 0) is 49.4 Å². The van der Waals surface area contributed by atoms with E-state index < -0.39 is 18.1 Å². The van der Waals surface area contributed by atoms with Crippen molar-refractivity contribution < 1.29 is 13.2 Å². The Labute approximate surface area is 189 Å². The van der Waals surface area contributed by atoms with Gasteiger partial charge >= 0.3 is 6.18 Å². The Balaban J connectivity index is 1.62. The maximum absolute atomic E-state index is 12.7. The van der Waals surface area contributed by atoms with Crippen LogP contribution in [-0.2, 0) is 12.0 Å². The van der Waals surface area contributed by atoms with Crippen LogP contribution in [0.1, 0.15) is 56.9 Å². The monoisotopic (exact) mass is 457 g/mol. The number of fused-ring (bicyclic) bond motifs is 1. The van der Waals surface area contributed by atoms with Crippen molar-refractivity contribution in [3.63, 3.8) is 0 Å². The number of hydrogen-bond donors (Lipinski definition) is 2. The highest BCUT2D eigenvalue weighted by molar-refractivity contribution is 5.91. The number of hydrogen-bond acceptors (Lipinski definition) is 4. The molecule has 0 atom stereocenters. The molecule has 1 saturated carbocycles. The van der Waals surface area contributed by atoms with Crippen LogP contribution in [0.15, 0.2) is 41.3 Å². The number of nitrogens with one attached hydrogen (secondary N) is 2. The summed E-state index contributed by atoms with van der Waals surface area (Å²) in [6, 6.07) is 11.2. The van der Waals surface area contributed by atoms with E-state index >= 15 is 0 Å². The zero-order valence-corrected chi connectivity index (χ0v) is 18.2. The number of aromatic nitrogens is 3. The van der Waals surface area contributed by atoms with Crippen LogP contribution in [0, 0.1) is 11.3 Å². The number of nitriles is 1. The first-order valence-electron chi connectivity index (χ1n) is 11.2. The van der Waals surface area contributed by atoms with Crippen LogP contribution in [0.25, 0.3) is 10.9 Å². The minimum Gasteiger partial charge on any atom is -0.338 e. The highest BCUT2D eigenvalue weighted by Gasteiger charge is 2.37. The van der Waals surface area contributed by atoms with Crippen molar-refractivity contribution in [2.24, 2.45) is 0 Å². The lowest BCUT2D eigenvalue weighted by atomic mass is 9.79. The van der Waals surface area contributed by atoms with Crippen molar-refractivity contribution in [3.05, 3.63) is 52.4 Å². The number of pyridine rings is 1. The van der Waals surface area contributed by atoms with Crippen LogP contribution >= 0.6 is 0 Å². The van der Waals surface area contributed by atoms with Crippen LogP contribution in [0.2, 0.25) is 0 Å². The summed E-state index contributed by atoms with van der Waals surface area (Å²) >= 11 is 0. The second-order valence-electron chi connectivity index (χ2n) is 8.74. The molecule has 1 fully saturated rings. The maximum Gasteiger partial charge on any atom is 0.389 e.